The molecule has 0 unspecified atom stereocenters. The van der Waals surface area contributed by atoms with Crippen molar-refractivity contribution in [2.75, 3.05) is 5.32 Å². The van der Waals surface area contributed by atoms with Crippen molar-refractivity contribution in [3.8, 4) is 0 Å². The number of nitrogens with one attached hydrogen (secondary N) is 1. The van der Waals surface area contributed by atoms with E-state index >= 15 is 0 Å². The Morgan fingerprint density at radius 1 is 1.53 bits per heavy atom. The molecular weight excluding hydrogens is 210 g/mol. The van der Waals surface area contributed by atoms with Gasteiger partial charge in [-0.3, -0.25) is 0 Å². The summed E-state index contributed by atoms with van der Waals surface area (Å²) in [6, 6.07) is 3.78. The molecule has 0 aromatic carbocycles. The molecule has 82 valence electrons. The van der Waals surface area contributed by atoms with E-state index in [4.69, 9.17) is 5.73 Å². The lowest BCUT2D eigenvalue weighted by atomic mass is 10.3. The third-order valence-electron chi connectivity index (χ3n) is 1.17. The second-order valence-electron chi connectivity index (χ2n) is 3.12. The quantitative estimate of drug-likeness (QED) is 0.711. The topological polar surface area (TPSA) is 68.0 Å². The van der Waals surface area contributed by atoms with Gasteiger partial charge in [0.05, 0.1) is 0 Å². The number of thiocarbonyl (C=S) groups is 1. The van der Waals surface area contributed by atoms with E-state index in [0.717, 1.165) is 5.56 Å². The van der Waals surface area contributed by atoms with Gasteiger partial charge in [-0.05, 0) is 50.7 Å². The summed E-state index contributed by atoms with van der Waals surface area (Å²) in [5.74, 6) is 0.859. The van der Waals surface area contributed by atoms with Gasteiger partial charge in [0.25, 0.3) is 0 Å². The molecule has 0 saturated heterocycles. The monoisotopic (exact) mass is 225 g/mol. The van der Waals surface area contributed by atoms with Gasteiger partial charge in [0.1, 0.15) is 11.6 Å². The standard InChI is InChI=1S/C7H9N3S.C3H6O/c1-5-2-3-9-6(4-5)10-7(8)11;1-3(2)4/h2-4H,1H3,(H3,8,9,10,11);1-2H3. The Hall–Kier alpha value is -1.49. The van der Waals surface area contributed by atoms with E-state index in [1.807, 2.05) is 19.1 Å². The smallest absolute Gasteiger partial charge is 0.169 e. The van der Waals surface area contributed by atoms with Gasteiger partial charge in [0.15, 0.2) is 5.11 Å². The van der Waals surface area contributed by atoms with Crippen molar-refractivity contribution in [2.45, 2.75) is 20.8 Å². The molecule has 0 aliphatic carbocycles. The third-order valence-corrected chi connectivity index (χ3v) is 1.27. The number of aryl methyl sites for hydroxylation is 1. The third kappa shape index (κ3) is 8.83. The van der Waals surface area contributed by atoms with Crippen LogP contribution in [0, 0.1) is 6.92 Å². The lowest BCUT2D eigenvalue weighted by Gasteiger charge is -2.01. The van der Waals surface area contributed by atoms with E-state index in [-0.39, 0.29) is 10.9 Å². The first-order chi connectivity index (χ1) is 6.91. The minimum atomic E-state index is 0.167. The molecule has 1 aromatic rings. The van der Waals surface area contributed by atoms with Crippen LogP contribution in [0.5, 0.6) is 0 Å². The van der Waals surface area contributed by atoms with Crippen molar-refractivity contribution in [3.63, 3.8) is 0 Å². The summed E-state index contributed by atoms with van der Waals surface area (Å²) in [6.07, 6.45) is 1.70. The van der Waals surface area contributed by atoms with Crippen molar-refractivity contribution in [2.24, 2.45) is 5.73 Å². The molecule has 3 N–H and O–H groups in total. The molecule has 1 rings (SSSR count). The molecular formula is C10H15N3OS. The highest BCUT2D eigenvalue weighted by atomic mass is 32.1. The summed E-state index contributed by atoms with van der Waals surface area (Å²) < 4.78 is 0. The largest absolute Gasteiger partial charge is 0.376 e. The fourth-order valence-electron chi connectivity index (χ4n) is 0.731. The highest BCUT2D eigenvalue weighted by Crippen LogP contribution is 2.03. The average molecular weight is 225 g/mol. The highest BCUT2D eigenvalue weighted by Gasteiger charge is 1.92. The maximum atomic E-state index is 9.44. The van der Waals surface area contributed by atoms with Crippen LogP contribution >= 0.6 is 12.2 Å². The molecule has 0 bridgehead atoms. The van der Waals surface area contributed by atoms with Gasteiger partial charge < -0.3 is 15.8 Å². The Bertz CT molecular complexity index is 348. The van der Waals surface area contributed by atoms with Gasteiger partial charge in [-0.15, -0.1) is 0 Å². The molecule has 0 saturated carbocycles. The van der Waals surface area contributed by atoms with Crippen LogP contribution in [0.25, 0.3) is 0 Å². The van der Waals surface area contributed by atoms with Crippen LogP contribution in [0.15, 0.2) is 18.3 Å². The predicted molar refractivity (Wildman–Crippen MR) is 65.7 cm³/mol. The molecule has 1 aromatic heterocycles. The van der Waals surface area contributed by atoms with Gasteiger partial charge >= 0.3 is 0 Å². The number of pyridine rings is 1. The maximum absolute atomic E-state index is 9.44. The Morgan fingerprint density at radius 3 is 2.47 bits per heavy atom. The number of rotatable bonds is 1. The second-order valence-corrected chi connectivity index (χ2v) is 3.56. The molecule has 0 atom stereocenters. The number of carbonyl (C=O) groups is 1. The van der Waals surface area contributed by atoms with Crippen molar-refractivity contribution in [3.05, 3.63) is 23.9 Å². The lowest BCUT2D eigenvalue weighted by molar-refractivity contribution is -0.114. The molecule has 0 aliphatic heterocycles. The van der Waals surface area contributed by atoms with E-state index in [0.29, 0.717) is 5.82 Å². The number of anilines is 1. The summed E-state index contributed by atoms with van der Waals surface area (Å²) in [7, 11) is 0. The first-order valence-electron chi connectivity index (χ1n) is 4.38. The molecule has 0 aliphatic rings. The molecule has 0 radical (unpaired) electrons. The Kier molecular flexibility index (Phi) is 6.21. The molecule has 5 heteroatoms. The number of aromatic nitrogens is 1. The normalized spacial score (nSPS) is 8.47. The van der Waals surface area contributed by atoms with Crippen LogP contribution in [0.2, 0.25) is 0 Å². The van der Waals surface area contributed by atoms with Crippen LogP contribution in [0.1, 0.15) is 19.4 Å². The van der Waals surface area contributed by atoms with Crippen LogP contribution in [-0.2, 0) is 4.79 Å². The first-order valence-corrected chi connectivity index (χ1v) is 4.79. The number of ketones is 1. The van der Waals surface area contributed by atoms with Crippen LogP contribution in [-0.4, -0.2) is 15.9 Å². The average Bonchev–Trinajstić information content (AvgIpc) is 2.00. The summed E-state index contributed by atoms with van der Waals surface area (Å²) >= 11 is 4.65. The maximum Gasteiger partial charge on any atom is 0.169 e. The number of hydrogen-bond acceptors (Lipinski definition) is 3. The van der Waals surface area contributed by atoms with Crippen molar-refractivity contribution >= 4 is 28.9 Å². The summed E-state index contributed by atoms with van der Waals surface area (Å²) in [5.41, 5.74) is 6.38. The van der Waals surface area contributed by atoms with E-state index in [1.165, 1.54) is 13.8 Å². The van der Waals surface area contributed by atoms with E-state index in [1.54, 1.807) is 6.20 Å². The minimum absolute atomic E-state index is 0.167. The summed E-state index contributed by atoms with van der Waals surface area (Å²) in [5, 5.41) is 2.98. The zero-order chi connectivity index (χ0) is 11.8. The van der Waals surface area contributed by atoms with E-state index in [2.05, 4.69) is 22.5 Å². The first kappa shape index (κ1) is 13.5. The minimum Gasteiger partial charge on any atom is -0.376 e. The zero-order valence-electron chi connectivity index (χ0n) is 9.07. The molecule has 4 nitrogen and oxygen atoms in total. The fraction of sp³-hybridized carbons (Fsp3) is 0.300. The number of Topliss-reactive ketones (excluding diaryl/α,β-unsaturated/α-hetero) is 1. The van der Waals surface area contributed by atoms with Gasteiger partial charge in [-0.25, -0.2) is 4.98 Å². The van der Waals surface area contributed by atoms with Crippen LogP contribution < -0.4 is 11.1 Å². The number of nitrogens with two attached hydrogens (primary N) is 1. The van der Waals surface area contributed by atoms with E-state index in [9.17, 15) is 4.79 Å². The van der Waals surface area contributed by atoms with Gasteiger partial charge in [-0.1, -0.05) is 0 Å². The Labute approximate surface area is 94.9 Å². The van der Waals surface area contributed by atoms with Crippen molar-refractivity contribution < 1.29 is 4.79 Å². The number of nitrogens with zero attached hydrogens (tertiary/aromatic N) is 1. The SMILES string of the molecule is CC(C)=O.Cc1ccnc(NC(N)=S)c1. The lowest BCUT2D eigenvalue weighted by Crippen LogP contribution is -2.19. The fourth-order valence-corrected chi connectivity index (χ4v) is 0.835. The second kappa shape index (κ2) is 6.89. The number of carbonyl (C=O) groups excluding carboxylic acids is 1. The van der Waals surface area contributed by atoms with Crippen molar-refractivity contribution in [1.29, 1.82) is 0 Å². The molecule has 1 heterocycles. The molecule has 15 heavy (non-hydrogen) atoms. The molecule has 0 amide bonds. The van der Waals surface area contributed by atoms with Crippen LogP contribution in [0.4, 0.5) is 5.82 Å². The zero-order valence-corrected chi connectivity index (χ0v) is 9.89. The highest BCUT2D eigenvalue weighted by molar-refractivity contribution is 7.80. The summed E-state index contributed by atoms with van der Waals surface area (Å²) in [6.45, 7) is 5.03. The number of hydrogen-bond donors (Lipinski definition) is 2. The van der Waals surface area contributed by atoms with E-state index < -0.39 is 0 Å². The summed E-state index contributed by atoms with van der Waals surface area (Å²) in [4.78, 5) is 13.4. The predicted octanol–water partition coefficient (Wildman–Crippen LogP) is 1.64. The van der Waals surface area contributed by atoms with Crippen LogP contribution in [0.3, 0.4) is 0 Å². The molecule has 0 spiro atoms. The van der Waals surface area contributed by atoms with Gasteiger partial charge in [-0.2, -0.15) is 0 Å². The Morgan fingerprint density at radius 2 is 2.07 bits per heavy atom. The molecule has 0 fully saturated rings. The van der Waals surface area contributed by atoms with Gasteiger partial charge in [0, 0.05) is 6.20 Å². The Balaban J connectivity index is 0.000000423. The van der Waals surface area contributed by atoms with Crippen molar-refractivity contribution in [1.82, 2.24) is 4.98 Å². The van der Waals surface area contributed by atoms with Gasteiger partial charge in [0.2, 0.25) is 0 Å².